The Kier molecular flexibility index (Phi) is 4.97. The third-order valence-corrected chi connectivity index (χ3v) is 4.39. The number of carbonyl (C=O) groups excluding carboxylic acids is 1. The van der Waals surface area contributed by atoms with Crippen molar-refractivity contribution in [3.05, 3.63) is 48.4 Å². The Labute approximate surface area is 150 Å². The number of rotatable bonds is 4. The maximum absolute atomic E-state index is 13.3. The summed E-state index contributed by atoms with van der Waals surface area (Å²) in [7, 11) is 0. The monoisotopic (exact) mass is 358 g/mol. The lowest BCUT2D eigenvalue weighted by Crippen LogP contribution is -2.42. The predicted molar refractivity (Wildman–Crippen MR) is 98.5 cm³/mol. The van der Waals surface area contributed by atoms with E-state index in [4.69, 9.17) is 0 Å². The number of carbonyl (C=O) groups is 1. The van der Waals surface area contributed by atoms with Gasteiger partial charge in [-0.2, -0.15) is 0 Å². The third kappa shape index (κ3) is 3.56. The van der Waals surface area contributed by atoms with Gasteiger partial charge in [-0.3, -0.25) is 14.4 Å². The molecule has 0 spiro atoms. The number of pyridine rings is 1. The molecule has 0 saturated carbocycles. The first-order valence-electron chi connectivity index (χ1n) is 8.38. The molecule has 5 nitrogen and oxygen atoms in total. The largest absolute Gasteiger partial charge is 0.338 e. The Bertz CT molecular complexity index is 888. The zero-order valence-electron chi connectivity index (χ0n) is 14.5. The van der Waals surface area contributed by atoms with E-state index in [1.54, 1.807) is 12.3 Å². The number of likely N-dealkylation sites (tertiary alicyclic amines) is 1. The zero-order chi connectivity index (χ0) is 18.7. The van der Waals surface area contributed by atoms with E-state index in [1.807, 2.05) is 35.9 Å². The second-order valence-electron chi connectivity index (χ2n) is 6.21. The maximum atomic E-state index is 13.3. The van der Waals surface area contributed by atoms with Gasteiger partial charge in [-0.25, -0.2) is 13.8 Å². The molecular weight excluding hydrogens is 338 g/mol. The van der Waals surface area contributed by atoms with Crippen LogP contribution in [0.3, 0.4) is 0 Å². The molecule has 26 heavy (non-hydrogen) atoms. The van der Waals surface area contributed by atoms with E-state index in [0.29, 0.717) is 11.2 Å². The van der Waals surface area contributed by atoms with Gasteiger partial charge in [-0.15, -0.1) is 0 Å². The average molecular weight is 358 g/mol. The van der Waals surface area contributed by atoms with Crippen LogP contribution in [0.25, 0.3) is 16.7 Å². The molecule has 2 aromatic rings. The van der Waals surface area contributed by atoms with Gasteiger partial charge >= 0.3 is 0 Å². The quantitative estimate of drug-likeness (QED) is 0.613. The molecule has 2 aromatic heterocycles. The minimum atomic E-state index is -2.68. The fourth-order valence-corrected chi connectivity index (χ4v) is 3.02. The molecule has 0 N–H and O–H groups in total. The molecule has 3 rings (SSSR count). The molecule has 136 valence electrons. The van der Waals surface area contributed by atoms with Crippen LogP contribution < -0.4 is 0 Å². The number of alkyl halides is 2. The second-order valence-corrected chi connectivity index (χ2v) is 6.21. The highest BCUT2D eigenvalue weighted by Crippen LogP contribution is 2.28. The number of nitrogens with zero attached hydrogens (tertiary/aromatic N) is 4. The van der Waals surface area contributed by atoms with Crippen molar-refractivity contribution in [2.75, 3.05) is 13.1 Å². The lowest BCUT2D eigenvalue weighted by molar-refractivity contribution is -0.0494. The number of piperidine rings is 1. The molecule has 1 fully saturated rings. The summed E-state index contributed by atoms with van der Waals surface area (Å²) >= 11 is 0. The Morgan fingerprint density at radius 2 is 2.12 bits per heavy atom. The number of hydrogen-bond acceptors (Lipinski definition) is 3. The molecular formula is C19H20F2N4O. The van der Waals surface area contributed by atoms with Crippen LogP contribution >= 0.6 is 0 Å². The van der Waals surface area contributed by atoms with Crippen LogP contribution in [0.2, 0.25) is 0 Å². The highest BCUT2D eigenvalue weighted by Gasteiger charge is 2.35. The lowest BCUT2D eigenvalue weighted by atomic mass is 10.1. The molecule has 0 aliphatic carbocycles. The molecule has 1 saturated heterocycles. The second kappa shape index (κ2) is 7.19. The topological polar surface area (TPSA) is 50.5 Å². The normalized spacial score (nSPS) is 17.8. The van der Waals surface area contributed by atoms with Crippen molar-refractivity contribution in [3.8, 4) is 0 Å². The van der Waals surface area contributed by atoms with Crippen LogP contribution in [0.5, 0.6) is 0 Å². The Hall–Kier alpha value is -2.83. The standard InChI is InChI=1S/C19H20F2N4O/c1-3-4-16(13-22-2)25-8-5-14-11-15(12-23-17(14)25)18(26)24-9-6-19(20,21)7-10-24/h3-5,8,11-13H,2,6-7,9-10H2,1H3/b4-3-,16-13+. The number of hydrogen-bond donors (Lipinski definition) is 0. The SMILES string of the molecule is C=N/C=C(\C=C/C)n1ccc2cc(C(=O)N3CCC(F)(F)CC3)cnc21. The van der Waals surface area contributed by atoms with Gasteiger partial charge in [0.15, 0.2) is 0 Å². The first kappa shape index (κ1) is 18.0. The molecule has 0 unspecified atom stereocenters. The minimum Gasteiger partial charge on any atom is -0.338 e. The van der Waals surface area contributed by atoms with Crippen LogP contribution in [0.15, 0.2) is 47.9 Å². The van der Waals surface area contributed by atoms with Crippen molar-refractivity contribution in [1.82, 2.24) is 14.5 Å². The van der Waals surface area contributed by atoms with Gasteiger partial charge in [0.2, 0.25) is 0 Å². The van der Waals surface area contributed by atoms with Crippen LogP contribution in [0.1, 0.15) is 30.1 Å². The minimum absolute atomic E-state index is 0.0596. The van der Waals surface area contributed by atoms with E-state index in [-0.39, 0.29) is 31.8 Å². The maximum Gasteiger partial charge on any atom is 0.255 e. The predicted octanol–water partition coefficient (Wildman–Crippen LogP) is 3.98. The van der Waals surface area contributed by atoms with Gasteiger partial charge in [-0.05, 0) is 31.9 Å². The molecule has 1 amide bonds. The Balaban J connectivity index is 1.88. The van der Waals surface area contributed by atoms with Gasteiger partial charge in [0, 0.05) is 43.7 Å². The van der Waals surface area contributed by atoms with Crippen molar-refractivity contribution < 1.29 is 13.6 Å². The average Bonchev–Trinajstić information content (AvgIpc) is 3.04. The molecule has 1 aliphatic heterocycles. The summed E-state index contributed by atoms with van der Waals surface area (Å²) in [5.74, 6) is -2.94. The van der Waals surface area contributed by atoms with Gasteiger partial charge in [0.25, 0.3) is 11.8 Å². The zero-order valence-corrected chi connectivity index (χ0v) is 14.5. The number of fused-ring (bicyclic) bond motifs is 1. The fraction of sp³-hybridized carbons (Fsp3) is 0.316. The summed E-state index contributed by atoms with van der Waals surface area (Å²) in [6.45, 7) is 5.49. The lowest BCUT2D eigenvalue weighted by Gasteiger charge is -2.31. The van der Waals surface area contributed by atoms with E-state index in [0.717, 1.165) is 11.1 Å². The van der Waals surface area contributed by atoms with Gasteiger partial charge < -0.3 is 4.90 Å². The molecule has 7 heteroatoms. The van der Waals surface area contributed by atoms with E-state index in [9.17, 15) is 13.6 Å². The summed E-state index contributed by atoms with van der Waals surface area (Å²) in [6.07, 6.45) is 8.12. The van der Waals surface area contributed by atoms with Crippen LogP contribution in [0, 0.1) is 0 Å². The summed E-state index contributed by atoms with van der Waals surface area (Å²) < 4.78 is 28.4. The summed E-state index contributed by atoms with van der Waals surface area (Å²) in [4.78, 5) is 22.3. The Morgan fingerprint density at radius 3 is 2.77 bits per heavy atom. The molecule has 0 radical (unpaired) electrons. The molecule has 0 atom stereocenters. The first-order valence-corrected chi connectivity index (χ1v) is 8.38. The van der Waals surface area contributed by atoms with Crippen LogP contribution in [-0.2, 0) is 0 Å². The summed E-state index contributed by atoms with van der Waals surface area (Å²) in [6, 6.07) is 3.59. The number of amides is 1. The summed E-state index contributed by atoms with van der Waals surface area (Å²) in [5.41, 5.74) is 1.88. The van der Waals surface area contributed by atoms with Crippen LogP contribution in [0.4, 0.5) is 8.78 Å². The van der Waals surface area contributed by atoms with E-state index < -0.39 is 5.92 Å². The molecule has 3 heterocycles. The van der Waals surface area contributed by atoms with E-state index in [1.165, 1.54) is 11.1 Å². The smallest absolute Gasteiger partial charge is 0.255 e. The van der Waals surface area contributed by atoms with Crippen LogP contribution in [-0.4, -0.2) is 46.1 Å². The van der Waals surface area contributed by atoms with Gasteiger partial charge in [0.05, 0.1) is 17.5 Å². The van der Waals surface area contributed by atoms with Crippen molar-refractivity contribution in [3.63, 3.8) is 0 Å². The fourth-order valence-electron chi connectivity index (χ4n) is 3.02. The van der Waals surface area contributed by atoms with E-state index in [2.05, 4.69) is 16.7 Å². The van der Waals surface area contributed by atoms with E-state index >= 15 is 0 Å². The molecule has 0 aromatic carbocycles. The summed E-state index contributed by atoms with van der Waals surface area (Å²) in [5, 5.41) is 0.789. The number of aromatic nitrogens is 2. The number of aliphatic imine (C=N–C) groups is 1. The van der Waals surface area contributed by atoms with Crippen molar-refractivity contribution in [1.29, 1.82) is 0 Å². The van der Waals surface area contributed by atoms with Gasteiger partial charge in [-0.1, -0.05) is 6.08 Å². The van der Waals surface area contributed by atoms with Crippen molar-refractivity contribution in [2.45, 2.75) is 25.7 Å². The van der Waals surface area contributed by atoms with Crippen molar-refractivity contribution in [2.24, 2.45) is 4.99 Å². The van der Waals surface area contributed by atoms with Gasteiger partial charge in [0.1, 0.15) is 5.65 Å². The number of allylic oxidation sites excluding steroid dienone is 3. The highest BCUT2D eigenvalue weighted by atomic mass is 19.3. The molecule has 1 aliphatic rings. The third-order valence-electron chi connectivity index (χ3n) is 4.39. The molecule has 0 bridgehead atoms. The first-order chi connectivity index (χ1) is 12.4. The Morgan fingerprint density at radius 1 is 1.38 bits per heavy atom. The highest BCUT2D eigenvalue weighted by molar-refractivity contribution is 5.97. The van der Waals surface area contributed by atoms with Crippen molar-refractivity contribution >= 4 is 29.4 Å². The number of halogens is 2.